The summed E-state index contributed by atoms with van der Waals surface area (Å²) in [5.41, 5.74) is 7.10. The Hall–Kier alpha value is -1.39. The molecule has 1 aliphatic carbocycles. The summed E-state index contributed by atoms with van der Waals surface area (Å²) in [6.45, 7) is 6.20. The van der Waals surface area contributed by atoms with Crippen LogP contribution in [0.2, 0.25) is 0 Å². The number of hydrogen-bond donors (Lipinski definition) is 1. The second kappa shape index (κ2) is 6.16. The number of nitrogens with zero attached hydrogens (tertiary/aromatic N) is 2. The van der Waals surface area contributed by atoms with Crippen molar-refractivity contribution in [3.63, 3.8) is 0 Å². The standard InChI is InChI=1S/C17H23N3S/c1-12-8-14(9-18-15-5-6-15)4-7-16(12)20(3)10-17-13(2)19-11-21-17/h4,7-8,11,15,18H,5-6,9-10H2,1-3H3. The van der Waals surface area contributed by atoms with E-state index in [4.69, 9.17) is 0 Å². The summed E-state index contributed by atoms with van der Waals surface area (Å²) in [5, 5.41) is 3.57. The Labute approximate surface area is 131 Å². The zero-order valence-corrected chi connectivity index (χ0v) is 13.8. The number of hydrogen-bond acceptors (Lipinski definition) is 4. The predicted molar refractivity (Wildman–Crippen MR) is 90.0 cm³/mol. The number of anilines is 1. The van der Waals surface area contributed by atoms with Crippen molar-refractivity contribution in [1.82, 2.24) is 10.3 Å². The van der Waals surface area contributed by atoms with E-state index in [0.717, 1.165) is 24.8 Å². The van der Waals surface area contributed by atoms with E-state index in [1.165, 1.54) is 34.5 Å². The van der Waals surface area contributed by atoms with Crippen molar-refractivity contribution in [2.75, 3.05) is 11.9 Å². The van der Waals surface area contributed by atoms with E-state index in [-0.39, 0.29) is 0 Å². The number of benzene rings is 1. The van der Waals surface area contributed by atoms with Gasteiger partial charge in [0.1, 0.15) is 0 Å². The molecule has 3 nitrogen and oxygen atoms in total. The molecule has 1 aliphatic rings. The lowest BCUT2D eigenvalue weighted by Gasteiger charge is -2.21. The van der Waals surface area contributed by atoms with Crippen LogP contribution >= 0.6 is 11.3 Å². The molecule has 0 spiro atoms. The third-order valence-electron chi connectivity index (χ3n) is 4.07. The summed E-state index contributed by atoms with van der Waals surface area (Å²) < 4.78 is 0. The van der Waals surface area contributed by atoms with Crippen LogP contribution in [0.4, 0.5) is 5.69 Å². The molecule has 0 unspecified atom stereocenters. The maximum atomic E-state index is 4.33. The lowest BCUT2D eigenvalue weighted by Crippen LogP contribution is -2.18. The predicted octanol–water partition coefficient (Wildman–Crippen LogP) is 3.65. The Balaban J connectivity index is 1.67. The van der Waals surface area contributed by atoms with Gasteiger partial charge >= 0.3 is 0 Å². The summed E-state index contributed by atoms with van der Waals surface area (Å²) in [4.78, 5) is 7.99. The largest absolute Gasteiger partial charge is 0.369 e. The van der Waals surface area contributed by atoms with E-state index < -0.39 is 0 Å². The highest BCUT2D eigenvalue weighted by atomic mass is 32.1. The molecule has 1 aromatic heterocycles. The highest BCUT2D eigenvalue weighted by Gasteiger charge is 2.20. The van der Waals surface area contributed by atoms with Crippen molar-refractivity contribution in [2.45, 2.75) is 45.8 Å². The molecule has 1 saturated carbocycles. The molecule has 0 bridgehead atoms. The minimum atomic E-state index is 0.766. The van der Waals surface area contributed by atoms with Crippen molar-refractivity contribution in [1.29, 1.82) is 0 Å². The average Bonchev–Trinajstić information content (AvgIpc) is 3.20. The van der Waals surface area contributed by atoms with E-state index in [9.17, 15) is 0 Å². The smallest absolute Gasteiger partial charge is 0.0798 e. The highest BCUT2D eigenvalue weighted by molar-refractivity contribution is 7.09. The van der Waals surface area contributed by atoms with E-state index in [2.05, 4.69) is 54.3 Å². The number of aromatic nitrogens is 1. The monoisotopic (exact) mass is 301 g/mol. The molecule has 1 fully saturated rings. The van der Waals surface area contributed by atoms with Gasteiger partial charge in [-0.1, -0.05) is 12.1 Å². The molecular weight excluding hydrogens is 278 g/mol. The molecule has 1 heterocycles. The van der Waals surface area contributed by atoms with Gasteiger partial charge in [0, 0.05) is 30.2 Å². The van der Waals surface area contributed by atoms with Gasteiger partial charge in [-0.15, -0.1) is 11.3 Å². The van der Waals surface area contributed by atoms with Gasteiger partial charge in [0.15, 0.2) is 0 Å². The van der Waals surface area contributed by atoms with Crippen molar-refractivity contribution in [3.05, 3.63) is 45.4 Å². The maximum Gasteiger partial charge on any atom is 0.0798 e. The van der Waals surface area contributed by atoms with Crippen LogP contribution in [0.5, 0.6) is 0 Å². The first-order valence-electron chi connectivity index (χ1n) is 7.56. The summed E-state index contributed by atoms with van der Waals surface area (Å²) >= 11 is 1.74. The zero-order chi connectivity index (χ0) is 14.8. The van der Waals surface area contributed by atoms with E-state index >= 15 is 0 Å². The van der Waals surface area contributed by atoms with Crippen LogP contribution in [0, 0.1) is 13.8 Å². The third-order valence-corrected chi connectivity index (χ3v) is 4.99. The lowest BCUT2D eigenvalue weighted by atomic mass is 10.1. The Kier molecular flexibility index (Phi) is 4.27. The normalized spacial score (nSPS) is 14.4. The second-order valence-corrected chi connectivity index (χ2v) is 6.93. The topological polar surface area (TPSA) is 28.2 Å². The number of nitrogens with one attached hydrogen (secondary N) is 1. The lowest BCUT2D eigenvalue weighted by molar-refractivity contribution is 0.687. The molecule has 3 rings (SSSR count). The minimum Gasteiger partial charge on any atom is -0.369 e. The fourth-order valence-corrected chi connectivity index (χ4v) is 3.41. The molecule has 2 aromatic rings. The Morgan fingerprint density at radius 1 is 1.33 bits per heavy atom. The van der Waals surface area contributed by atoms with Gasteiger partial charge in [-0.05, 0) is 43.9 Å². The Morgan fingerprint density at radius 2 is 2.14 bits per heavy atom. The van der Waals surface area contributed by atoms with Crippen LogP contribution in [-0.2, 0) is 13.1 Å². The van der Waals surface area contributed by atoms with Crippen molar-refractivity contribution in [3.8, 4) is 0 Å². The third kappa shape index (κ3) is 3.63. The van der Waals surface area contributed by atoms with Gasteiger partial charge in [0.2, 0.25) is 0 Å². The van der Waals surface area contributed by atoms with Gasteiger partial charge in [-0.3, -0.25) is 0 Å². The summed E-state index contributed by atoms with van der Waals surface area (Å²) in [7, 11) is 2.16. The first-order chi connectivity index (χ1) is 10.1. The molecule has 21 heavy (non-hydrogen) atoms. The van der Waals surface area contributed by atoms with Crippen LogP contribution in [0.1, 0.15) is 34.5 Å². The van der Waals surface area contributed by atoms with Crippen LogP contribution in [-0.4, -0.2) is 18.1 Å². The molecule has 0 amide bonds. The van der Waals surface area contributed by atoms with Crippen molar-refractivity contribution in [2.24, 2.45) is 0 Å². The molecular formula is C17H23N3S. The van der Waals surface area contributed by atoms with E-state index in [1.54, 1.807) is 11.3 Å². The zero-order valence-electron chi connectivity index (χ0n) is 13.0. The first kappa shape index (κ1) is 14.5. The molecule has 1 N–H and O–H groups in total. The number of rotatable bonds is 6. The van der Waals surface area contributed by atoms with Gasteiger partial charge in [0.05, 0.1) is 17.7 Å². The maximum absolute atomic E-state index is 4.33. The summed E-state index contributed by atoms with van der Waals surface area (Å²) in [6, 6.07) is 7.56. The Morgan fingerprint density at radius 3 is 2.76 bits per heavy atom. The van der Waals surface area contributed by atoms with Crippen LogP contribution in [0.15, 0.2) is 23.7 Å². The fraction of sp³-hybridized carbons (Fsp3) is 0.471. The minimum absolute atomic E-state index is 0.766. The Bertz CT molecular complexity index is 616. The van der Waals surface area contributed by atoms with Crippen LogP contribution in [0.25, 0.3) is 0 Å². The van der Waals surface area contributed by atoms with Crippen LogP contribution in [0.3, 0.4) is 0 Å². The van der Waals surface area contributed by atoms with Gasteiger partial charge in [-0.2, -0.15) is 0 Å². The summed E-state index contributed by atoms with van der Waals surface area (Å²) in [5.74, 6) is 0. The molecule has 0 atom stereocenters. The second-order valence-electron chi connectivity index (χ2n) is 5.99. The van der Waals surface area contributed by atoms with Gasteiger partial charge in [-0.25, -0.2) is 4.98 Å². The van der Waals surface area contributed by atoms with E-state index in [0.29, 0.717) is 0 Å². The fourth-order valence-electron chi connectivity index (χ4n) is 2.58. The molecule has 4 heteroatoms. The summed E-state index contributed by atoms with van der Waals surface area (Å²) in [6.07, 6.45) is 2.68. The van der Waals surface area contributed by atoms with Crippen LogP contribution < -0.4 is 10.2 Å². The molecule has 112 valence electrons. The first-order valence-corrected chi connectivity index (χ1v) is 8.44. The van der Waals surface area contributed by atoms with Gasteiger partial charge in [0.25, 0.3) is 0 Å². The molecule has 1 aromatic carbocycles. The average molecular weight is 301 g/mol. The SMILES string of the molecule is Cc1cc(CNC2CC2)ccc1N(C)Cc1scnc1C. The number of aryl methyl sites for hydroxylation is 2. The quantitative estimate of drug-likeness (QED) is 0.883. The van der Waals surface area contributed by atoms with Gasteiger partial charge < -0.3 is 10.2 Å². The number of thiazole rings is 1. The molecule has 0 aliphatic heterocycles. The highest BCUT2D eigenvalue weighted by Crippen LogP contribution is 2.25. The van der Waals surface area contributed by atoms with Crippen molar-refractivity contribution >= 4 is 17.0 Å². The van der Waals surface area contributed by atoms with E-state index in [1.807, 2.05) is 5.51 Å². The molecule has 0 saturated heterocycles. The molecule has 0 radical (unpaired) electrons. The van der Waals surface area contributed by atoms with Crippen molar-refractivity contribution < 1.29 is 0 Å².